The first-order chi connectivity index (χ1) is 16.4. The number of carbonyl (C=O) groups excluding carboxylic acids is 1. The molecule has 2 heterocycles. The van der Waals surface area contributed by atoms with Crippen molar-refractivity contribution in [3.63, 3.8) is 0 Å². The lowest BCUT2D eigenvalue weighted by molar-refractivity contribution is -0.126. The van der Waals surface area contributed by atoms with Gasteiger partial charge in [0.05, 0.1) is 22.8 Å². The lowest BCUT2D eigenvalue weighted by Gasteiger charge is -2.40. The molecule has 1 fully saturated rings. The Morgan fingerprint density at radius 1 is 1.15 bits per heavy atom. The van der Waals surface area contributed by atoms with Crippen molar-refractivity contribution in [3.8, 4) is 5.69 Å². The van der Waals surface area contributed by atoms with Gasteiger partial charge in [-0.15, -0.1) is 10.2 Å². The second-order valence-electron chi connectivity index (χ2n) is 9.65. The quantitative estimate of drug-likeness (QED) is 0.351. The summed E-state index contributed by atoms with van der Waals surface area (Å²) in [6.07, 6.45) is 7.72. The molecule has 0 saturated heterocycles. The molecule has 1 amide bonds. The molecule has 1 N–H and O–H groups in total. The van der Waals surface area contributed by atoms with E-state index in [2.05, 4.69) is 38.8 Å². The topological polar surface area (TPSA) is 72.7 Å². The minimum Gasteiger partial charge on any atom is -0.300 e. The molecule has 1 atom stereocenters. The number of carbonyl (C=O) groups is 1. The van der Waals surface area contributed by atoms with Gasteiger partial charge in [-0.2, -0.15) is 5.10 Å². The number of nitrogens with one attached hydrogen (secondary N) is 1. The molecular formula is C26H28FN5OS. The van der Waals surface area contributed by atoms with E-state index < -0.39 is 5.41 Å². The standard InChI is InChI=1S/C26H28FN5OS/c1-26(2,24(33)30-25-31-28-16-34-25)23(17-6-4-3-5-7-17)18-8-13-22-19(14-18)15-29-32(22)21-11-9-20(27)10-12-21/h8-17,23H,3-7H2,1-2H3,(H,30,31,33). The van der Waals surface area contributed by atoms with E-state index >= 15 is 0 Å². The third kappa shape index (κ3) is 4.34. The van der Waals surface area contributed by atoms with Crippen molar-refractivity contribution in [2.24, 2.45) is 11.3 Å². The zero-order valence-electron chi connectivity index (χ0n) is 19.4. The van der Waals surface area contributed by atoms with Crippen molar-refractivity contribution in [2.45, 2.75) is 51.9 Å². The highest BCUT2D eigenvalue weighted by molar-refractivity contribution is 7.13. The molecule has 1 unspecified atom stereocenters. The summed E-state index contributed by atoms with van der Waals surface area (Å²) in [7, 11) is 0. The minimum absolute atomic E-state index is 0.0399. The number of anilines is 1. The lowest BCUT2D eigenvalue weighted by atomic mass is 9.64. The number of halogens is 1. The number of aromatic nitrogens is 4. The van der Waals surface area contributed by atoms with E-state index in [1.54, 1.807) is 17.6 Å². The third-order valence-electron chi connectivity index (χ3n) is 7.09. The molecule has 8 heteroatoms. The fourth-order valence-electron chi connectivity index (χ4n) is 5.41. The van der Waals surface area contributed by atoms with E-state index in [-0.39, 0.29) is 17.6 Å². The number of rotatable bonds is 6. The van der Waals surface area contributed by atoms with Crippen molar-refractivity contribution >= 4 is 33.3 Å². The first kappa shape index (κ1) is 22.7. The molecule has 0 bridgehead atoms. The zero-order chi connectivity index (χ0) is 23.7. The zero-order valence-corrected chi connectivity index (χ0v) is 20.2. The van der Waals surface area contributed by atoms with Gasteiger partial charge in [0.2, 0.25) is 11.0 Å². The summed E-state index contributed by atoms with van der Waals surface area (Å²) in [5, 5.41) is 16.9. The van der Waals surface area contributed by atoms with Gasteiger partial charge in [-0.3, -0.25) is 4.79 Å². The molecular weight excluding hydrogens is 449 g/mol. The summed E-state index contributed by atoms with van der Waals surface area (Å²) < 4.78 is 15.2. The molecule has 176 valence electrons. The molecule has 0 aliphatic heterocycles. The van der Waals surface area contributed by atoms with E-state index in [4.69, 9.17) is 0 Å². The van der Waals surface area contributed by atoms with Gasteiger partial charge in [-0.1, -0.05) is 50.5 Å². The van der Waals surface area contributed by atoms with Crippen molar-refractivity contribution in [3.05, 3.63) is 65.6 Å². The number of benzene rings is 2. The maximum atomic E-state index is 13.5. The van der Waals surface area contributed by atoms with Crippen LogP contribution in [0.4, 0.5) is 9.52 Å². The normalized spacial score (nSPS) is 16.0. The van der Waals surface area contributed by atoms with Gasteiger partial charge in [0.1, 0.15) is 11.3 Å². The second kappa shape index (κ2) is 9.25. The van der Waals surface area contributed by atoms with Crippen LogP contribution in [0.3, 0.4) is 0 Å². The highest BCUT2D eigenvalue weighted by atomic mass is 32.1. The van der Waals surface area contributed by atoms with Gasteiger partial charge in [-0.25, -0.2) is 9.07 Å². The van der Waals surface area contributed by atoms with E-state index in [9.17, 15) is 9.18 Å². The summed E-state index contributed by atoms with van der Waals surface area (Å²) in [5.41, 5.74) is 3.89. The molecule has 0 spiro atoms. The number of amides is 1. The van der Waals surface area contributed by atoms with E-state index in [0.29, 0.717) is 11.0 Å². The molecule has 1 aliphatic rings. The van der Waals surface area contributed by atoms with Crippen LogP contribution in [0.15, 0.2) is 54.2 Å². The molecule has 2 aromatic heterocycles. The molecule has 6 nitrogen and oxygen atoms in total. The van der Waals surface area contributed by atoms with Gasteiger partial charge in [0.15, 0.2) is 0 Å². The maximum absolute atomic E-state index is 13.5. The van der Waals surface area contributed by atoms with Gasteiger partial charge in [0, 0.05) is 11.3 Å². The average molecular weight is 478 g/mol. The molecule has 0 radical (unpaired) electrons. The molecule has 1 aliphatic carbocycles. The van der Waals surface area contributed by atoms with Gasteiger partial charge < -0.3 is 5.32 Å². The molecule has 1 saturated carbocycles. The number of nitrogens with zero attached hydrogens (tertiary/aromatic N) is 4. The minimum atomic E-state index is -0.645. The highest BCUT2D eigenvalue weighted by Crippen LogP contribution is 2.47. The second-order valence-corrected chi connectivity index (χ2v) is 10.5. The SMILES string of the molecule is CC(C)(C(=O)Nc1nncs1)C(c1ccc2c(cnn2-c2ccc(F)cc2)c1)C1CCCCC1. The van der Waals surface area contributed by atoms with Crippen LogP contribution in [0.2, 0.25) is 0 Å². The van der Waals surface area contributed by atoms with Gasteiger partial charge in [0.25, 0.3) is 0 Å². The van der Waals surface area contributed by atoms with Gasteiger partial charge >= 0.3 is 0 Å². The maximum Gasteiger partial charge on any atom is 0.232 e. The first-order valence-corrected chi connectivity index (χ1v) is 12.6. The average Bonchev–Trinajstić information content (AvgIpc) is 3.50. The Labute approximate surface area is 202 Å². The van der Waals surface area contributed by atoms with Crippen LogP contribution in [-0.2, 0) is 4.79 Å². The smallest absolute Gasteiger partial charge is 0.232 e. The fraction of sp³-hybridized carbons (Fsp3) is 0.385. The largest absolute Gasteiger partial charge is 0.300 e. The molecule has 34 heavy (non-hydrogen) atoms. The van der Waals surface area contributed by atoms with Crippen LogP contribution in [0, 0.1) is 17.2 Å². The summed E-state index contributed by atoms with van der Waals surface area (Å²) in [5.74, 6) is 0.168. The lowest BCUT2D eigenvalue weighted by Crippen LogP contribution is -2.40. The van der Waals surface area contributed by atoms with Crippen molar-refractivity contribution in [1.82, 2.24) is 20.0 Å². The Hall–Kier alpha value is -3.13. The predicted octanol–water partition coefficient (Wildman–Crippen LogP) is 6.34. The van der Waals surface area contributed by atoms with E-state index in [1.165, 1.54) is 42.7 Å². The Kier molecular flexibility index (Phi) is 6.16. The van der Waals surface area contributed by atoms with Crippen LogP contribution in [0.1, 0.15) is 57.4 Å². The Bertz CT molecular complexity index is 1280. The molecule has 5 rings (SSSR count). The van der Waals surface area contributed by atoms with Crippen LogP contribution in [0.5, 0.6) is 0 Å². The Morgan fingerprint density at radius 3 is 2.62 bits per heavy atom. The van der Waals surface area contributed by atoms with Crippen molar-refractivity contribution in [1.29, 1.82) is 0 Å². The van der Waals surface area contributed by atoms with Crippen molar-refractivity contribution < 1.29 is 9.18 Å². The number of hydrogen-bond acceptors (Lipinski definition) is 5. The third-order valence-corrected chi connectivity index (χ3v) is 7.69. The van der Waals surface area contributed by atoms with Crippen molar-refractivity contribution in [2.75, 3.05) is 5.32 Å². The molecule has 4 aromatic rings. The molecule has 2 aromatic carbocycles. The van der Waals surface area contributed by atoms with E-state index in [1.807, 2.05) is 24.7 Å². The monoisotopic (exact) mass is 477 g/mol. The summed E-state index contributed by atoms with van der Waals surface area (Å²) in [6.45, 7) is 4.07. The predicted molar refractivity (Wildman–Crippen MR) is 133 cm³/mol. The Balaban J connectivity index is 1.52. The summed E-state index contributed by atoms with van der Waals surface area (Å²) >= 11 is 1.33. The van der Waals surface area contributed by atoms with Crippen LogP contribution in [0.25, 0.3) is 16.6 Å². The highest BCUT2D eigenvalue weighted by Gasteiger charge is 2.42. The first-order valence-electron chi connectivity index (χ1n) is 11.7. The summed E-state index contributed by atoms with van der Waals surface area (Å²) in [4.78, 5) is 13.5. The van der Waals surface area contributed by atoms with E-state index in [0.717, 1.165) is 35.0 Å². The Morgan fingerprint density at radius 2 is 1.91 bits per heavy atom. The van der Waals surface area contributed by atoms with Gasteiger partial charge in [-0.05, 0) is 60.7 Å². The van der Waals surface area contributed by atoms with Crippen LogP contribution in [-0.4, -0.2) is 25.9 Å². The summed E-state index contributed by atoms with van der Waals surface area (Å²) in [6, 6.07) is 12.7. The number of fused-ring (bicyclic) bond motifs is 1. The number of hydrogen-bond donors (Lipinski definition) is 1. The van der Waals surface area contributed by atoms with Crippen LogP contribution >= 0.6 is 11.3 Å². The fourth-order valence-corrected chi connectivity index (χ4v) is 5.85. The van der Waals surface area contributed by atoms with Crippen LogP contribution < -0.4 is 5.32 Å².